The minimum absolute atomic E-state index is 0.360. The fourth-order valence-corrected chi connectivity index (χ4v) is 1.24. The number of hydrogen-bond donors (Lipinski definition) is 1. The molecule has 0 atom stereocenters. The summed E-state index contributed by atoms with van der Waals surface area (Å²) in [5.74, 6) is 0. The Labute approximate surface area is 53.7 Å². The van der Waals surface area contributed by atoms with Gasteiger partial charge in [0.1, 0.15) is 0 Å². The second-order valence-corrected chi connectivity index (χ2v) is 3.13. The molecule has 1 N–H and O–H groups in total. The third kappa shape index (κ3) is 1.43. The molecule has 9 heavy (non-hydrogen) atoms. The predicted molar refractivity (Wildman–Crippen MR) is 32.0 cm³/mol. The smallest absolute Gasteiger partial charge is 0.269 e. The summed E-state index contributed by atoms with van der Waals surface area (Å²) >= 11 is 0. The highest BCUT2D eigenvalue weighted by molar-refractivity contribution is 7.83. The summed E-state index contributed by atoms with van der Waals surface area (Å²) in [5.41, 5.74) is 0. The summed E-state index contributed by atoms with van der Waals surface area (Å²) in [5, 5.41) is 0. The third-order valence-corrected chi connectivity index (χ3v) is 1.98. The van der Waals surface area contributed by atoms with E-state index in [9.17, 15) is 8.42 Å². The van der Waals surface area contributed by atoms with E-state index in [1.165, 1.54) is 6.20 Å². The molecular weight excluding hydrogens is 142 g/mol. The SMILES string of the molecule is O=S(=O)(O)N1C=CCC1. The van der Waals surface area contributed by atoms with Crippen LogP contribution >= 0.6 is 0 Å². The molecule has 0 amide bonds. The molecule has 4 nitrogen and oxygen atoms in total. The molecule has 5 heteroatoms. The summed E-state index contributed by atoms with van der Waals surface area (Å²) in [6.07, 6.45) is 3.73. The van der Waals surface area contributed by atoms with Gasteiger partial charge in [0.15, 0.2) is 0 Å². The van der Waals surface area contributed by atoms with Crippen molar-refractivity contribution in [2.24, 2.45) is 0 Å². The molecule has 0 saturated heterocycles. The van der Waals surface area contributed by atoms with Gasteiger partial charge in [0.2, 0.25) is 0 Å². The molecule has 1 aliphatic heterocycles. The highest BCUT2D eigenvalue weighted by atomic mass is 32.2. The highest BCUT2D eigenvalue weighted by Crippen LogP contribution is 2.07. The summed E-state index contributed by atoms with van der Waals surface area (Å²) in [6.45, 7) is 0.360. The fraction of sp³-hybridized carbons (Fsp3) is 0.500. The molecule has 0 aromatic carbocycles. The standard InChI is InChI=1S/C4H7NO3S/c6-9(7,8)5-3-1-2-4-5/h1,3H,2,4H2,(H,6,7,8). The van der Waals surface area contributed by atoms with E-state index in [4.69, 9.17) is 4.55 Å². The largest absolute Gasteiger partial charge is 0.359 e. The second kappa shape index (κ2) is 2.00. The second-order valence-electron chi connectivity index (χ2n) is 1.76. The average molecular weight is 149 g/mol. The van der Waals surface area contributed by atoms with Crippen LogP contribution in [0.15, 0.2) is 12.3 Å². The van der Waals surface area contributed by atoms with Crippen LogP contribution in [-0.2, 0) is 10.3 Å². The molecule has 0 radical (unpaired) electrons. The van der Waals surface area contributed by atoms with Crippen molar-refractivity contribution in [3.8, 4) is 0 Å². The molecule has 1 aliphatic rings. The Kier molecular flexibility index (Phi) is 1.46. The Balaban J connectivity index is 2.76. The Bertz CT molecular complexity index is 218. The van der Waals surface area contributed by atoms with E-state index in [0.29, 0.717) is 13.0 Å². The van der Waals surface area contributed by atoms with E-state index in [1.807, 2.05) is 0 Å². The zero-order valence-corrected chi connectivity index (χ0v) is 5.50. The van der Waals surface area contributed by atoms with E-state index in [2.05, 4.69) is 0 Å². The van der Waals surface area contributed by atoms with Gasteiger partial charge >= 0.3 is 10.3 Å². The highest BCUT2D eigenvalue weighted by Gasteiger charge is 2.15. The van der Waals surface area contributed by atoms with Gasteiger partial charge in [0.05, 0.1) is 0 Å². The van der Waals surface area contributed by atoms with Crippen LogP contribution in [0.2, 0.25) is 0 Å². The molecule has 1 heterocycles. The zero-order valence-electron chi connectivity index (χ0n) is 4.69. The molecule has 0 fully saturated rings. The Hall–Kier alpha value is -0.550. The van der Waals surface area contributed by atoms with Crippen molar-refractivity contribution in [2.75, 3.05) is 6.54 Å². The summed E-state index contributed by atoms with van der Waals surface area (Å²) in [7, 11) is -3.96. The first-order valence-corrected chi connectivity index (χ1v) is 3.91. The normalized spacial score (nSPS) is 19.0. The van der Waals surface area contributed by atoms with Crippen molar-refractivity contribution in [1.82, 2.24) is 4.31 Å². The lowest BCUT2D eigenvalue weighted by molar-refractivity contribution is 0.415. The summed E-state index contributed by atoms with van der Waals surface area (Å²) in [6, 6.07) is 0. The minimum atomic E-state index is -3.96. The van der Waals surface area contributed by atoms with Gasteiger partial charge in [0, 0.05) is 12.7 Å². The minimum Gasteiger partial charge on any atom is -0.269 e. The summed E-state index contributed by atoms with van der Waals surface area (Å²) in [4.78, 5) is 0. The maximum atomic E-state index is 10.3. The topological polar surface area (TPSA) is 57.6 Å². The van der Waals surface area contributed by atoms with Gasteiger partial charge in [-0.3, -0.25) is 8.86 Å². The van der Waals surface area contributed by atoms with E-state index in [0.717, 1.165) is 4.31 Å². The first-order chi connectivity index (χ1) is 4.11. The van der Waals surface area contributed by atoms with Gasteiger partial charge in [0.25, 0.3) is 0 Å². The van der Waals surface area contributed by atoms with Crippen LogP contribution in [0.4, 0.5) is 0 Å². The van der Waals surface area contributed by atoms with Crippen LogP contribution in [0.1, 0.15) is 6.42 Å². The molecule has 1 rings (SSSR count). The van der Waals surface area contributed by atoms with Crippen molar-refractivity contribution in [1.29, 1.82) is 0 Å². The van der Waals surface area contributed by atoms with Gasteiger partial charge in [-0.15, -0.1) is 0 Å². The van der Waals surface area contributed by atoms with Crippen molar-refractivity contribution in [3.05, 3.63) is 12.3 Å². The van der Waals surface area contributed by atoms with E-state index in [-0.39, 0.29) is 0 Å². The Morgan fingerprint density at radius 2 is 2.22 bits per heavy atom. The lowest BCUT2D eigenvalue weighted by Crippen LogP contribution is -2.22. The molecule has 0 aromatic rings. The van der Waals surface area contributed by atoms with Crippen LogP contribution in [-0.4, -0.2) is 23.8 Å². The van der Waals surface area contributed by atoms with Crippen molar-refractivity contribution >= 4 is 10.3 Å². The molecule has 0 bridgehead atoms. The van der Waals surface area contributed by atoms with Gasteiger partial charge in [-0.05, 0) is 6.42 Å². The van der Waals surface area contributed by atoms with Crippen LogP contribution in [0.5, 0.6) is 0 Å². The molecule has 0 aromatic heterocycles. The molecule has 52 valence electrons. The first kappa shape index (κ1) is 6.57. The fourth-order valence-electron chi connectivity index (χ4n) is 0.661. The summed E-state index contributed by atoms with van der Waals surface area (Å²) < 4.78 is 29.8. The van der Waals surface area contributed by atoms with E-state index in [1.54, 1.807) is 6.08 Å². The first-order valence-electron chi connectivity index (χ1n) is 2.51. The number of rotatable bonds is 1. The maximum absolute atomic E-state index is 10.3. The van der Waals surface area contributed by atoms with Gasteiger partial charge < -0.3 is 0 Å². The lowest BCUT2D eigenvalue weighted by Gasteiger charge is -2.08. The van der Waals surface area contributed by atoms with Crippen molar-refractivity contribution < 1.29 is 13.0 Å². The number of nitrogens with zero attached hydrogens (tertiary/aromatic N) is 1. The van der Waals surface area contributed by atoms with Crippen LogP contribution in [0.25, 0.3) is 0 Å². The third-order valence-electron chi connectivity index (χ3n) is 1.08. The van der Waals surface area contributed by atoms with Crippen molar-refractivity contribution in [3.63, 3.8) is 0 Å². The van der Waals surface area contributed by atoms with E-state index < -0.39 is 10.3 Å². The van der Waals surface area contributed by atoms with Gasteiger partial charge in [-0.25, -0.2) is 0 Å². The quantitative estimate of drug-likeness (QED) is 0.534. The lowest BCUT2D eigenvalue weighted by atomic mass is 10.5. The Morgan fingerprint density at radius 3 is 2.44 bits per heavy atom. The maximum Gasteiger partial charge on any atom is 0.359 e. The van der Waals surface area contributed by atoms with Crippen LogP contribution in [0.3, 0.4) is 0 Å². The molecule has 0 aliphatic carbocycles. The molecule has 0 unspecified atom stereocenters. The molecule has 0 spiro atoms. The van der Waals surface area contributed by atoms with E-state index >= 15 is 0 Å². The van der Waals surface area contributed by atoms with Crippen molar-refractivity contribution in [2.45, 2.75) is 6.42 Å². The van der Waals surface area contributed by atoms with Gasteiger partial charge in [-0.2, -0.15) is 8.42 Å². The average Bonchev–Trinajstić information content (AvgIpc) is 2.08. The number of hydrogen-bond acceptors (Lipinski definition) is 2. The zero-order chi connectivity index (χ0) is 6.91. The van der Waals surface area contributed by atoms with Crippen LogP contribution in [0, 0.1) is 0 Å². The molecular formula is C4H7NO3S. The molecule has 0 saturated carbocycles. The predicted octanol–water partition coefficient (Wildman–Crippen LogP) is 0.00860. The monoisotopic (exact) mass is 149 g/mol. The van der Waals surface area contributed by atoms with Crippen LogP contribution < -0.4 is 0 Å². The van der Waals surface area contributed by atoms with Gasteiger partial charge in [-0.1, -0.05) is 6.08 Å². The Morgan fingerprint density at radius 1 is 1.56 bits per heavy atom.